The number of nitrogens with one attached hydrogen (secondary N) is 2. The van der Waals surface area contributed by atoms with E-state index in [0.717, 1.165) is 12.3 Å². The van der Waals surface area contributed by atoms with Crippen molar-refractivity contribution in [1.82, 2.24) is 10.3 Å². The highest BCUT2D eigenvalue weighted by Gasteiger charge is 2.24. The van der Waals surface area contributed by atoms with E-state index in [4.69, 9.17) is 10.2 Å². The second kappa shape index (κ2) is 5.62. The summed E-state index contributed by atoms with van der Waals surface area (Å²) in [6, 6.07) is -0.706. The molecule has 0 aliphatic carbocycles. The van der Waals surface area contributed by atoms with Crippen LogP contribution in [0, 0.1) is 10.1 Å². The molecule has 0 saturated carbocycles. The number of aliphatic carboxylic acids is 2. The van der Waals surface area contributed by atoms with Gasteiger partial charge < -0.3 is 20.5 Å². The molecule has 1 amide bonds. The highest BCUT2D eigenvalue weighted by atomic mass is 16.6. The molecule has 19 heavy (non-hydrogen) atoms. The number of carbonyl (C=O) groups excluding carboxylic acids is 1. The van der Waals surface area contributed by atoms with Crippen molar-refractivity contribution in [3.05, 3.63) is 28.1 Å². The van der Waals surface area contributed by atoms with Gasteiger partial charge >= 0.3 is 11.9 Å². The summed E-state index contributed by atoms with van der Waals surface area (Å²) in [5.74, 6) is -3.86. The molecule has 10 heteroatoms. The van der Waals surface area contributed by atoms with Crippen molar-refractivity contribution in [3.8, 4) is 0 Å². The number of nitrogens with zero attached hydrogens (tertiary/aromatic N) is 1. The second-order valence-corrected chi connectivity index (χ2v) is 3.49. The van der Waals surface area contributed by atoms with Crippen LogP contribution in [-0.4, -0.2) is 44.0 Å². The molecule has 0 spiro atoms. The number of H-pyrrole nitrogens is 1. The summed E-state index contributed by atoms with van der Waals surface area (Å²) in [6.07, 6.45) is 0.158. The second-order valence-electron chi connectivity index (χ2n) is 3.49. The lowest BCUT2D eigenvalue weighted by Gasteiger charge is -2.11. The number of rotatable bonds is 6. The van der Waals surface area contributed by atoms with Gasteiger partial charge in [0, 0.05) is 6.07 Å². The molecule has 1 rings (SSSR count). The Bertz CT molecular complexity index is 536. The molecule has 0 bridgehead atoms. The molecule has 10 nitrogen and oxygen atoms in total. The van der Waals surface area contributed by atoms with Crippen LogP contribution in [-0.2, 0) is 9.59 Å². The summed E-state index contributed by atoms with van der Waals surface area (Å²) in [6.45, 7) is 0. The standard InChI is InChI=1S/C9H9N3O7/c13-7(14)2-6(9(16)17)11-8(15)5-1-4(3-10-5)12(18)19/h1,3,6,10H,2H2,(H,11,15)(H,13,14)(H,16,17). The van der Waals surface area contributed by atoms with Gasteiger partial charge in [-0.15, -0.1) is 0 Å². The van der Waals surface area contributed by atoms with E-state index in [9.17, 15) is 24.5 Å². The fourth-order valence-electron chi connectivity index (χ4n) is 1.23. The predicted molar refractivity (Wildman–Crippen MR) is 58.6 cm³/mol. The molecule has 1 aromatic rings. The Morgan fingerprint density at radius 2 is 2.05 bits per heavy atom. The topological polar surface area (TPSA) is 163 Å². The lowest BCUT2D eigenvalue weighted by Crippen LogP contribution is -2.42. The Kier molecular flexibility index (Phi) is 4.19. The highest BCUT2D eigenvalue weighted by molar-refractivity contribution is 5.96. The molecule has 0 aromatic carbocycles. The van der Waals surface area contributed by atoms with E-state index in [1.165, 1.54) is 0 Å². The Labute approximate surface area is 105 Å². The number of hydrogen-bond acceptors (Lipinski definition) is 5. The highest BCUT2D eigenvalue weighted by Crippen LogP contribution is 2.12. The van der Waals surface area contributed by atoms with Crippen LogP contribution in [0.3, 0.4) is 0 Å². The van der Waals surface area contributed by atoms with Crippen LogP contribution in [0.15, 0.2) is 12.3 Å². The van der Waals surface area contributed by atoms with Gasteiger partial charge in [0.05, 0.1) is 17.5 Å². The van der Waals surface area contributed by atoms with Crippen molar-refractivity contribution in [3.63, 3.8) is 0 Å². The Hall–Kier alpha value is -2.91. The SMILES string of the molecule is O=C(O)CC(NC(=O)c1cc([N+](=O)[O-])c[nH]1)C(=O)O. The Morgan fingerprint density at radius 1 is 1.42 bits per heavy atom. The molecule has 4 N–H and O–H groups in total. The van der Waals surface area contributed by atoms with Crippen LogP contribution in [0.1, 0.15) is 16.9 Å². The van der Waals surface area contributed by atoms with E-state index in [0.29, 0.717) is 0 Å². The van der Waals surface area contributed by atoms with Crippen molar-refractivity contribution in [1.29, 1.82) is 0 Å². The number of carbonyl (C=O) groups is 3. The zero-order valence-corrected chi connectivity index (χ0v) is 9.32. The first-order valence-electron chi connectivity index (χ1n) is 4.89. The molecule has 1 heterocycles. The number of hydrogen-bond donors (Lipinski definition) is 4. The fraction of sp³-hybridized carbons (Fsp3) is 0.222. The van der Waals surface area contributed by atoms with Gasteiger partial charge in [0.2, 0.25) is 0 Å². The van der Waals surface area contributed by atoms with Gasteiger partial charge in [-0.1, -0.05) is 0 Å². The van der Waals surface area contributed by atoms with Crippen molar-refractivity contribution < 1.29 is 29.5 Å². The summed E-state index contributed by atoms with van der Waals surface area (Å²) in [7, 11) is 0. The average molecular weight is 271 g/mol. The van der Waals surface area contributed by atoms with E-state index in [1.54, 1.807) is 0 Å². The maximum Gasteiger partial charge on any atom is 0.326 e. The monoisotopic (exact) mass is 271 g/mol. The van der Waals surface area contributed by atoms with Gasteiger partial charge in [-0.05, 0) is 0 Å². The summed E-state index contributed by atoms with van der Waals surface area (Å²) in [4.78, 5) is 44.6. The van der Waals surface area contributed by atoms with Crippen LogP contribution < -0.4 is 5.32 Å². The van der Waals surface area contributed by atoms with Gasteiger partial charge in [-0.25, -0.2) is 4.79 Å². The summed E-state index contributed by atoms with van der Waals surface area (Å²) >= 11 is 0. The molecule has 0 aliphatic rings. The molecule has 0 saturated heterocycles. The first-order valence-corrected chi connectivity index (χ1v) is 4.89. The molecule has 0 aliphatic heterocycles. The number of carboxylic acid groups (broad SMARTS) is 2. The Morgan fingerprint density at radius 3 is 2.47 bits per heavy atom. The van der Waals surface area contributed by atoms with Crippen LogP contribution in [0.4, 0.5) is 5.69 Å². The van der Waals surface area contributed by atoms with E-state index in [2.05, 4.69) is 4.98 Å². The van der Waals surface area contributed by atoms with Gasteiger partial charge in [-0.2, -0.15) is 0 Å². The number of nitro groups is 1. The van der Waals surface area contributed by atoms with Crippen LogP contribution in [0.25, 0.3) is 0 Å². The molecule has 102 valence electrons. The first kappa shape index (κ1) is 14.2. The third kappa shape index (κ3) is 3.80. The number of amides is 1. The average Bonchev–Trinajstić information content (AvgIpc) is 2.76. The summed E-state index contributed by atoms with van der Waals surface area (Å²) in [5, 5.41) is 29.5. The van der Waals surface area contributed by atoms with Crippen molar-refractivity contribution in [2.75, 3.05) is 0 Å². The van der Waals surface area contributed by atoms with Crippen molar-refractivity contribution >= 4 is 23.5 Å². The molecule has 0 radical (unpaired) electrons. The third-order valence-corrected chi connectivity index (χ3v) is 2.11. The lowest BCUT2D eigenvalue weighted by molar-refractivity contribution is -0.384. The van der Waals surface area contributed by atoms with E-state index >= 15 is 0 Å². The normalized spacial score (nSPS) is 11.6. The molecule has 1 atom stereocenters. The van der Waals surface area contributed by atoms with Crippen LogP contribution >= 0.6 is 0 Å². The Balaban J connectivity index is 2.78. The molecule has 1 unspecified atom stereocenters. The quantitative estimate of drug-likeness (QED) is 0.403. The van der Waals surface area contributed by atoms with E-state index in [-0.39, 0.29) is 11.4 Å². The number of aromatic nitrogens is 1. The minimum atomic E-state index is -1.62. The van der Waals surface area contributed by atoms with Crippen molar-refractivity contribution in [2.24, 2.45) is 0 Å². The van der Waals surface area contributed by atoms with E-state index in [1.807, 2.05) is 5.32 Å². The van der Waals surface area contributed by atoms with Gasteiger partial charge in [0.25, 0.3) is 11.6 Å². The zero-order valence-electron chi connectivity index (χ0n) is 9.32. The maximum atomic E-state index is 11.6. The largest absolute Gasteiger partial charge is 0.481 e. The summed E-state index contributed by atoms with van der Waals surface area (Å²) < 4.78 is 0. The number of carboxylic acids is 2. The van der Waals surface area contributed by atoms with Crippen LogP contribution in [0.5, 0.6) is 0 Å². The zero-order chi connectivity index (χ0) is 14.6. The lowest BCUT2D eigenvalue weighted by atomic mass is 10.2. The van der Waals surface area contributed by atoms with Crippen LogP contribution in [0.2, 0.25) is 0 Å². The fourth-order valence-corrected chi connectivity index (χ4v) is 1.23. The predicted octanol–water partition coefficient (Wildman–Crippen LogP) is -0.419. The number of aromatic amines is 1. The van der Waals surface area contributed by atoms with Gasteiger partial charge in [-0.3, -0.25) is 19.7 Å². The molecule has 1 aromatic heterocycles. The van der Waals surface area contributed by atoms with Gasteiger partial charge in [0.15, 0.2) is 0 Å². The van der Waals surface area contributed by atoms with Crippen molar-refractivity contribution in [2.45, 2.75) is 12.5 Å². The third-order valence-electron chi connectivity index (χ3n) is 2.11. The summed E-state index contributed by atoms with van der Waals surface area (Å²) in [5.41, 5.74) is -0.599. The van der Waals surface area contributed by atoms with Gasteiger partial charge in [0.1, 0.15) is 11.7 Å². The molecular formula is C9H9N3O7. The first-order chi connectivity index (χ1) is 8.81. The maximum absolute atomic E-state index is 11.6. The molecule has 0 fully saturated rings. The minimum Gasteiger partial charge on any atom is -0.481 e. The molecular weight excluding hydrogens is 262 g/mol. The minimum absolute atomic E-state index is 0.233. The smallest absolute Gasteiger partial charge is 0.326 e. The van der Waals surface area contributed by atoms with E-state index < -0.39 is 35.2 Å².